The zero-order valence-corrected chi connectivity index (χ0v) is 7.61. The first-order valence-corrected chi connectivity index (χ1v) is 4.65. The van der Waals surface area contributed by atoms with E-state index in [0.717, 1.165) is 0 Å². The molecule has 0 fully saturated rings. The van der Waals surface area contributed by atoms with Crippen molar-refractivity contribution in [3.05, 3.63) is 10.5 Å². The van der Waals surface area contributed by atoms with Gasteiger partial charge in [0.15, 0.2) is 0 Å². The Morgan fingerprint density at radius 3 is 2.22 bits per heavy atom. The van der Waals surface area contributed by atoms with E-state index in [0.29, 0.717) is 20.7 Å². The molecule has 0 atom stereocenters. The number of rotatable bonds is 0. The van der Waals surface area contributed by atoms with Crippen molar-refractivity contribution >= 4 is 20.7 Å². The van der Waals surface area contributed by atoms with Crippen molar-refractivity contribution in [2.75, 3.05) is 0 Å². The summed E-state index contributed by atoms with van der Waals surface area (Å²) in [4.78, 5) is 11.0. The molecule has 0 aromatic rings. The summed E-state index contributed by atoms with van der Waals surface area (Å²) in [6.45, 7) is 6.07. The Kier molecular flexibility index (Phi) is 1.54. The van der Waals surface area contributed by atoms with Crippen molar-refractivity contribution in [2.45, 2.75) is 25.1 Å². The molecule has 1 rings (SSSR count). The molecule has 0 aromatic carbocycles. The van der Waals surface area contributed by atoms with Crippen LogP contribution < -0.4 is 0 Å². The number of ketones is 1. The predicted octanol–water partition coefficient (Wildman–Crippen LogP) is 1.38. The fourth-order valence-corrected chi connectivity index (χ4v) is 3.21. The van der Waals surface area contributed by atoms with Gasteiger partial charge in [-0.3, -0.25) is 0 Å². The summed E-state index contributed by atoms with van der Waals surface area (Å²) in [5, 5.41) is 0. The molecule has 50 valence electrons. The summed E-state index contributed by atoms with van der Waals surface area (Å²) in [5.41, 5.74) is 0. The van der Waals surface area contributed by atoms with Crippen molar-refractivity contribution in [2.24, 2.45) is 0 Å². The van der Waals surface area contributed by atoms with Gasteiger partial charge in [0.2, 0.25) is 0 Å². The third-order valence-electron chi connectivity index (χ3n) is 1.34. The van der Waals surface area contributed by atoms with E-state index in [1.807, 2.05) is 20.8 Å². The second kappa shape index (κ2) is 1.96. The second-order valence-electron chi connectivity index (χ2n) is 2.73. The second-order valence-corrected chi connectivity index (χ2v) is 6.65. The van der Waals surface area contributed by atoms with Crippen LogP contribution in [0.25, 0.3) is 0 Å². The van der Waals surface area contributed by atoms with Crippen molar-refractivity contribution in [1.82, 2.24) is 0 Å². The summed E-state index contributed by atoms with van der Waals surface area (Å²) >= 11 is 0.407. The third kappa shape index (κ3) is 1.25. The average molecular weight is 189 g/mol. The predicted molar refractivity (Wildman–Crippen MR) is 38.6 cm³/mol. The van der Waals surface area contributed by atoms with Crippen LogP contribution in [0.4, 0.5) is 0 Å². The molecule has 0 saturated heterocycles. The molecule has 0 aromatic heterocycles. The topological polar surface area (TPSA) is 17.1 Å². The number of carbonyl (C=O) groups is 1. The molecule has 0 amide bonds. The SMILES string of the molecule is CC1=CC(=O)C(C)(C)[Se]1. The molecule has 1 aliphatic rings. The van der Waals surface area contributed by atoms with Crippen LogP contribution in [0.2, 0.25) is 4.31 Å². The van der Waals surface area contributed by atoms with E-state index in [-0.39, 0.29) is 4.31 Å². The molecular weight excluding hydrogens is 179 g/mol. The minimum atomic E-state index is -0.0446. The van der Waals surface area contributed by atoms with Crippen LogP contribution in [0.1, 0.15) is 20.8 Å². The van der Waals surface area contributed by atoms with Gasteiger partial charge < -0.3 is 0 Å². The molecule has 1 heterocycles. The van der Waals surface area contributed by atoms with Gasteiger partial charge in [-0.15, -0.1) is 0 Å². The van der Waals surface area contributed by atoms with Gasteiger partial charge in [-0.25, -0.2) is 0 Å². The van der Waals surface area contributed by atoms with Gasteiger partial charge in [0, 0.05) is 0 Å². The monoisotopic (exact) mass is 190 g/mol. The quantitative estimate of drug-likeness (QED) is 0.526. The van der Waals surface area contributed by atoms with Crippen molar-refractivity contribution in [3.8, 4) is 0 Å². The summed E-state index contributed by atoms with van der Waals surface area (Å²) in [6.07, 6.45) is 1.78. The Labute approximate surface area is 61.7 Å². The molecule has 9 heavy (non-hydrogen) atoms. The Bertz CT molecular complexity index is 179. The first-order chi connectivity index (χ1) is 4.02. The number of hydrogen-bond acceptors (Lipinski definition) is 1. The molecule has 1 nitrogen and oxygen atoms in total. The zero-order chi connectivity index (χ0) is 7.07. The van der Waals surface area contributed by atoms with Crippen molar-refractivity contribution in [1.29, 1.82) is 0 Å². The van der Waals surface area contributed by atoms with Crippen LogP contribution in [0, 0.1) is 0 Å². The normalized spacial score (nSPS) is 24.3. The summed E-state index contributed by atoms with van der Waals surface area (Å²) in [5.74, 6) is 0.306. The number of carbonyl (C=O) groups excluding carboxylic acids is 1. The van der Waals surface area contributed by atoms with Gasteiger partial charge in [-0.2, -0.15) is 0 Å². The van der Waals surface area contributed by atoms with E-state index in [1.54, 1.807) is 6.08 Å². The van der Waals surface area contributed by atoms with Crippen LogP contribution in [0.3, 0.4) is 0 Å². The van der Waals surface area contributed by atoms with Gasteiger partial charge in [0.05, 0.1) is 0 Å². The maximum absolute atomic E-state index is 11.0. The van der Waals surface area contributed by atoms with E-state index in [4.69, 9.17) is 0 Å². The summed E-state index contributed by atoms with van der Waals surface area (Å²) < 4.78 is 1.23. The molecule has 0 saturated carbocycles. The average Bonchev–Trinajstić information content (AvgIpc) is 1.79. The molecule has 0 N–H and O–H groups in total. The maximum atomic E-state index is 11.0. The summed E-state index contributed by atoms with van der Waals surface area (Å²) in [6, 6.07) is 0. The molecular formula is C7H10OSe. The van der Waals surface area contributed by atoms with Crippen LogP contribution in [0.5, 0.6) is 0 Å². The third-order valence-corrected chi connectivity index (χ3v) is 3.76. The van der Waals surface area contributed by atoms with Crippen LogP contribution in [0.15, 0.2) is 10.5 Å². The van der Waals surface area contributed by atoms with Crippen molar-refractivity contribution in [3.63, 3.8) is 0 Å². The first-order valence-electron chi connectivity index (χ1n) is 2.94. The Morgan fingerprint density at radius 2 is 2.11 bits per heavy atom. The molecule has 1 aliphatic heterocycles. The molecule has 0 spiro atoms. The Morgan fingerprint density at radius 1 is 1.56 bits per heavy atom. The summed E-state index contributed by atoms with van der Waals surface area (Å²) in [7, 11) is 0. The molecule has 2 heteroatoms. The standard InChI is InChI=1S/C7H10OSe/c1-5-4-6(8)7(2,3)9-5/h4H,1-3H3. The first kappa shape index (κ1) is 7.04. The fraction of sp³-hybridized carbons (Fsp3) is 0.571. The van der Waals surface area contributed by atoms with E-state index >= 15 is 0 Å². The van der Waals surface area contributed by atoms with E-state index < -0.39 is 0 Å². The molecule has 0 aliphatic carbocycles. The van der Waals surface area contributed by atoms with E-state index in [9.17, 15) is 4.79 Å². The molecule has 0 radical (unpaired) electrons. The van der Waals surface area contributed by atoms with Crippen LogP contribution in [-0.2, 0) is 4.79 Å². The Balaban J connectivity index is 2.84. The van der Waals surface area contributed by atoms with Gasteiger partial charge >= 0.3 is 61.2 Å². The minimum absolute atomic E-state index is 0.0446. The number of hydrogen-bond donors (Lipinski definition) is 0. The molecule has 0 unspecified atom stereocenters. The van der Waals surface area contributed by atoms with Crippen molar-refractivity contribution < 1.29 is 4.79 Å². The van der Waals surface area contributed by atoms with Gasteiger partial charge in [0.25, 0.3) is 0 Å². The zero-order valence-electron chi connectivity index (χ0n) is 5.89. The number of allylic oxidation sites excluding steroid dienone is 2. The van der Waals surface area contributed by atoms with Gasteiger partial charge in [0.1, 0.15) is 0 Å². The molecule has 0 bridgehead atoms. The Hall–Kier alpha value is -0.0705. The fourth-order valence-electron chi connectivity index (χ4n) is 0.841. The van der Waals surface area contributed by atoms with Crippen LogP contribution >= 0.6 is 0 Å². The van der Waals surface area contributed by atoms with Gasteiger partial charge in [-0.1, -0.05) is 0 Å². The van der Waals surface area contributed by atoms with Gasteiger partial charge in [-0.05, 0) is 0 Å². The van der Waals surface area contributed by atoms with Crippen LogP contribution in [-0.4, -0.2) is 20.7 Å². The van der Waals surface area contributed by atoms with E-state index in [2.05, 4.69) is 0 Å². The van der Waals surface area contributed by atoms with E-state index in [1.165, 1.54) is 4.47 Å².